The maximum Gasteiger partial charge on any atom is 0.305 e. The van der Waals surface area contributed by atoms with Crippen molar-refractivity contribution in [1.82, 2.24) is 4.72 Å². The van der Waals surface area contributed by atoms with Gasteiger partial charge in [0.1, 0.15) is 5.82 Å². The Labute approximate surface area is 181 Å². The minimum Gasteiger partial charge on any atom is -0.469 e. The van der Waals surface area contributed by atoms with Crippen LogP contribution in [0.15, 0.2) is 83.8 Å². The number of carbonyl (C=O) groups excluding carboxylic acids is 1. The first-order chi connectivity index (χ1) is 14.9. The second-order valence-electron chi connectivity index (χ2n) is 7.09. The molecule has 0 spiro atoms. The van der Waals surface area contributed by atoms with Gasteiger partial charge in [-0.2, -0.15) is 4.72 Å². The molecule has 3 aromatic carbocycles. The zero-order valence-corrected chi connectivity index (χ0v) is 17.9. The smallest absolute Gasteiger partial charge is 0.305 e. The van der Waals surface area contributed by atoms with Crippen molar-refractivity contribution >= 4 is 16.0 Å². The summed E-state index contributed by atoms with van der Waals surface area (Å²) < 4.78 is 46.7. The van der Waals surface area contributed by atoms with Gasteiger partial charge in [-0.1, -0.05) is 54.6 Å². The van der Waals surface area contributed by atoms with Crippen LogP contribution in [0.25, 0.3) is 0 Å². The average molecular weight is 442 g/mol. The van der Waals surface area contributed by atoms with Crippen molar-refractivity contribution in [2.45, 2.75) is 30.2 Å². The highest BCUT2D eigenvalue weighted by Gasteiger charge is 2.23. The highest BCUT2D eigenvalue weighted by Crippen LogP contribution is 2.26. The highest BCUT2D eigenvalue weighted by atomic mass is 32.2. The van der Waals surface area contributed by atoms with E-state index in [1.165, 1.54) is 31.4 Å². The quantitative estimate of drug-likeness (QED) is 0.500. The fourth-order valence-corrected chi connectivity index (χ4v) is 4.46. The summed E-state index contributed by atoms with van der Waals surface area (Å²) in [7, 11) is -2.43. The van der Waals surface area contributed by atoms with E-state index in [1.807, 2.05) is 24.3 Å². The minimum absolute atomic E-state index is 0.154. The van der Waals surface area contributed by atoms with Crippen LogP contribution in [-0.2, 0) is 26.0 Å². The third kappa shape index (κ3) is 6.23. The summed E-state index contributed by atoms with van der Waals surface area (Å²) in [6.07, 6.45) is 1.70. The van der Waals surface area contributed by atoms with Gasteiger partial charge in [-0.05, 0) is 53.8 Å². The number of methoxy groups -OCH3 is 1. The average Bonchev–Trinajstić information content (AvgIpc) is 2.79. The Kier molecular flexibility index (Phi) is 7.55. The Morgan fingerprint density at radius 2 is 1.52 bits per heavy atom. The van der Waals surface area contributed by atoms with Crippen molar-refractivity contribution in [2.24, 2.45) is 0 Å². The number of benzene rings is 3. The minimum atomic E-state index is -3.80. The molecule has 0 heterocycles. The number of halogens is 1. The monoisotopic (exact) mass is 441 g/mol. The van der Waals surface area contributed by atoms with Crippen molar-refractivity contribution in [3.05, 3.63) is 101 Å². The number of sulfonamides is 1. The fourth-order valence-electron chi connectivity index (χ4n) is 3.22. The third-order valence-electron chi connectivity index (χ3n) is 4.92. The van der Waals surface area contributed by atoms with Crippen LogP contribution in [0.4, 0.5) is 4.39 Å². The molecule has 7 heteroatoms. The van der Waals surface area contributed by atoms with E-state index >= 15 is 0 Å². The molecule has 0 amide bonds. The standard InChI is InChI=1S/C24H24FNO4S/c1-30-23(27)9-5-6-18-10-12-19(13-11-18)24(20-14-16-21(25)17-15-20)26-31(28,29)22-7-3-2-4-8-22/h2-4,7-8,10-17,24,26H,5-6,9H2,1H3. The lowest BCUT2D eigenvalue weighted by molar-refractivity contribution is -0.140. The molecule has 0 fully saturated rings. The molecule has 0 aliphatic heterocycles. The Morgan fingerprint density at radius 3 is 2.10 bits per heavy atom. The van der Waals surface area contributed by atoms with Gasteiger partial charge in [-0.3, -0.25) is 4.79 Å². The van der Waals surface area contributed by atoms with E-state index in [1.54, 1.807) is 30.3 Å². The predicted molar refractivity (Wildman–Crippen MR) is 116 cm³/mol. The first-order valence-corrected chi connectivity index (χ1v) is 11.4. The maximum absolute atomic E-state index is 13.4. The predicted octanol–water partition coefficient (Wildman–Crippen LogP) is 4.39. The number of hydrogen-bond donors (Lipinski definition) is 1. The van der Waals surface area contributed by atoms with Gasteiger partial charge in [0.25, 0.3) is 0 Å². The summed E-state index contributed by atoms with van der Waals surface area (Å²) in [5, 5.41) is 0. The van der Waals surface area contributed by atoms with Gasteiger partial charge in [0, 0.05) is 6.42 Å². The van der Waals surface area contributed by atoms with E-state index in [0.29, 0.717) is 24.8 Å². The molecule has 0 saturated carbocycles. The first kappa shape index (κ1) is 22.7. The number of ether oxygens (including phenoxy) is 1. The summed E-state index contributed by atoms with van der Waals surface area (Å²) in [5.74, 6) is -0.641. The Bertz CT molecular complexity index is 1100. The third-order valence-corrected chi connectivity index (χ3v) is 6.36. The van der Waals surface area contributed by atoms with Gasteiger partial charge in [0.15, 0.2) is 0 Å². The van der Waals surface area contributed by atoms with Crippen molar-refractivity contribution < 1.29 is 22.3 Å². The SMILES string of the molecule is COC(=O)CCCc1ccc(C(NS(=O)(=O)c2ccccc2)c2ccc(F)cc2)cc1. The van der Waals surface area contributed by atoms with Crippen molar-refractivity contribution in [2.75, 3.05) is 7.11 Å². The number of rotatable bonds is 9. The normalized spacial score (nSPS) is 12.3. The summed E-state index contributed by atoms with van der Waals surface area (Å²) >= 11 is 0. The van der Waals surface area contributed by atoms with Gasteiger partial charge in [-0.25, -0.2) is 12.8 Å². The molecule has 3 rings (SSSR count). The van der Waals surface area contributed by atoms with Crippen LogP contribution in [0.2, 0.25) is 0 Å². The lowest BCUT2D eigenvalue weighted by Crippen LogP contribution is -2.29. The number of hydrogen-bond acceptors (Lipinski definition) is 4. The summed E-state index contributed by atoms with van der Waals surface area (Å²) in [6, 6.07) is 20.7. The number of aryl methyl sites for hydroxylation is 1. The zero-order chi connectivity index (χ0) is 22.3. The van der Waals surface area contributed by atoms with Crippen molar-refractivity contribution in [1.29, 1.82) is 0 Å². The summed E-state index contributed by atoms with van der Waals surface area (Å²) in [5.41, 5.74) is 2.37. The van der Waals surface area contributed by atoms with E-state index in [9.17, 15) is 17.6 Å². The van der Waals surface area contributed by atoms with Gasteiger partial charge in [0.05, 0.1) is 18.0 Å². The largest absolute Gasteiger partial charge is 0.469 e. The lowest BCUT2D eigenvalue weighted by Gasteiger charge is -2.20. The highest BCUT2D eigenvalue weighted by molar-refractivity contribution is 7.89. The number of esters is 1. The molecule has 0 radical (unpaired) electrons. The Hall–Kier alpha value is -3.03. The van der Waals surface area contributed by atoms with E-state index in [4.69, 9.17) is 0 Å². The zero-order valence-electron chi connectivity index (χ0n) is 17.1. The molecule has 1 atom stereocenters. The molecular formula is C24H24FNO4S. The van der Waals surface area contributed by atoms with Gasteiger partial charge in [0.2, 0.25) is 10.0 Å². The molecule has 5 nitrogen and oxygen atoms in total. The maximum atomic E-state index is 13.4. The van der Waals surface area contributed by atoms with Crippen LogP contribution in [0.3, 0.4) is 0 Å². The summed E-state index contributed by atoms with van der Waals surface area (Å²) in [6.45, 7) is 0. The van der Waals surface area contributed by atoms with Crippen LogP contribution in [-0.4, -0.2) is 21.5 Å². The topological polar surface area (TPSA) is 72.5 Å². The van der Waals surface area contributed by atoms with E-state index in [0.717, 1.165) is 11.1 Å². The van der Waals surface area contributed by atoms with Crippen LogP contribution >= 0.6 is 0 Å². The van der Waals surface area contributed by atoms with Crippen LogP contribution in [0.1, 0.15) is 35.6 Å². The number of carbonyl (C=O) groups is 1. The van der Waals surface area contributed by atoms with Crippen LogP contribution < -0.4 is 4.72 Å². The molecule has 162 valence electrons. The molecule has 31 heavy (non-hydrogen) atoms. The molecule has 1 N–H and O–H groups in total. The van der Waals surface area contributed by atoms with Gasteiger partial charge < -0.3 is 4.74 Å². The second kappa shape index (κ2) is 10.3. The van der Waals surface area contributed by atoms with E-state index in [-0.39, 0.29) is 10.9 Å². The Balaban J connectivity index is 1.85. The molecular weight excluding hydrogens is 417 g/mol. The van der Waals surface area contributed by atoms with Crippen molar-refractivity contribution in [3.8, 4) is 0 Å². The van der Waals surface area contributed by atoms with Gasteiger partial charge in [-0.15, -0.1) is 0 Å². The first-order valence-electron chi connectivity index (χ1n) is 9.87. The van der Waals surface area contributed by atoms with E-state index < -0.39 is 21.9 Å². The van der Waals surface area contributed by atoms with Crippen LogP contribution in [0.5, 0.6) is 0 Å². The molecule has 3 aromatic rings. The van der Waals surface area contributed by atoms with Gasteiger partial charge >= 0.3 is 5.97 Å². The fraction of sp³-hybridized carbons (Fsp3) is 0.208. The molecule has 0 aliphatic rings. The Morgan fingerprint density at radius 1 is 0.935 bits per heavy atom. The number of nitrogens with one attached hydrogen (secondary N) is 1. The van der Waals surface area contributed by atoms with Crippen molar-refractivity contribution in [3.63, 3.8) is 0 Å². The molecule has 0 aromatic heterocycles. The summed E-state index contributed by atoms with van der Waals surface area (Å²) in [4.78, 5) is 11.4. The second-order valence-corrected chi connectivity index (χ2v) is 8.80. The molecule has 0 saturated heterocycles. The van der Waals surface area contributed by atoms with Crippen LogP contribution in [0, 0.1) is 5.82 Å². The molecule has 1 unspecified atom stereocenters. The molecule has 0 bridgehead atoms. The van der Waals surface area contributed by atoms with E-state index in [2.05, 4.69) is 9.46 Å². The lowest BCUT2D eigenvalue weighted by atomic mass is 9.97. The molecule has 0 aliphatic carbocycles.